The van der Waals surface area contributed by atoms with E-state index in [0.717, 1.165) is 50.3 Å². The lowest BCUT2D eigenvalue weighted by Crippen LogP contribution is -2.49. The molecule has 4 heterocycles. The van der Waals surface area contributed by atoms with Crippen molar-refractivity contribution >= 4 is 11.9 Å². The summed E-state index contributed by atoms with van der Waals surface area (Å²) < 4.78 is 42.8. The zero-order chi connectivity index (χ0) is 28.0. The van der Waals surface area contributed by atoms with Gasteiger partial charge < -0.3 is 19.8 Å². The summed E-state index contributed by atoms with van der Waals surface area (Å²) in [6, 6.07) is 5.64. The summed E-state index contributed by atoms with van der Waals surface area (Å²) in [5.74, 6) is -0.249. The SMILES string of the molecule is O=C(c1cnn(C2CCN(C(=O)N3CCC[C@H]3CO)CC2)c1C1CC1)N1CC[C@@H](c2ccccc2C(F)(F)F)C1. The van der Waals surface area contributed by atoms with Gasteiger partial charge in [-0.1, -0.05) is 18.2 Å². The normalized spacial score (nSPS) is 24.2. The van der Waals surface area contributed by atoms with E-state index >= 15 is 0 Å². The van der Waals surface area contributed by atoms with Crippen LogP contribution >= 0.6 is 0 Å². The number of hydrogen-bond acceptors (Lipinski definition) is 4. The van der Waals surface area contributed by atoms with E-state index in [4.69, 9.17) is 0 Å². The average Bonchev–Trinajstić information content (AvgIpc) is 3.35. The predicted octanol–water partition coefficient (Wildman–Crippen LogP) is 4.62. The van der Waals surface area contributed by atoms with Gasteiger partial charge in [0.15, 0.2) is 0 Å². The quantitative estimate of drug-likeness (QED) is 0.580. The summed E-state index contributed by atoms with van der Waals surface area (Å²) in [6.07, 6.45) is 2.90. The number of hydrogen-bond donors (Lipinski definition) is 1. The Morgan fingerprint density at radius 1 is 0.925 bits per heavy atom. The van der Waals surface area contributed by atoms with Gasteiger partial charge in [0.05, 0.1) is 41.7 Å². The van der Waals surface area contributed by atoms with Crippen molar-refractivity contribution in [2.24, 2.45) is 0 Å². The highest BCUT2D eigenvalue weighted by Gasteiger charge is 2.41. The first-order chi connectivity index (χ1) is 19.3. The second-order valence-corrected chi connectivity index (χ2v) is 11.7. The Bertz CT molecular complexity index is 1250. The molecular weight excluding hydrogens is 523 g/mol. The second-order valence-electron chi connectivity index (χ2n) is 11.7. The lowest BCUT2D eigenvalue weighted by molar-refractivity contribution is -0.138. The maximum atomic E-state index is 13.7. The molecule has 3 aliphatic heterocycles. The Morgan fingerprint density at radius 3 is 2.35 bits per heavy atom. The maximum Gasteiger partial charge on any atom is 0.416 e. The van der Waals surface area contributed by atoms with E-state index in [-0.39, 0.29) is 54.6 Å². The van der Waals surface area contributed by atoms with Crippen molar-refractivity contribution in [2.45, 2.75) is 75.0 Å². The van der Waals surface area contributed by atoms with E-state index in [1.807, 2.05) is 9.58 Å². The van der Waals surface area contributed by atoms with Crippen LogP contribution in [0.15, 0.2) is 30.5 Å². The molecule has 216 valence electrons. The third-order valence-corrected chi connectivity index (χ3v) is 9.12. The molecule has 40 heavy (non-hydrogen) atoms. The van der Waals surface area contributed by atoms with Gasteiger partial charge in [0.1, 0.15) is 0 Å². The van der Waals surface area contributed by atoms with Crippen LogP contribution in [-0.2, 0) is 6.18 Å². The fourth-order valence-corrected chi connectivity index (χ4v) is 6.83. The summed E-state index contributed by atoms with van der Waals surface area (Å²) >= 11 is 0. The van der Waals surface area contributed by atoms with Crippen LogP contribution in [0.5, 0.6) is 0 Å². The molecular formula is C29H36F3N5O3. The fraction of sp³-hybridized carbons (Fsp3) is 0.621. The highest BCUT2D eigenvalue weighted by Crippen LogP contribution is 2.44. The van der Waals surface area contributed by atoms with Crippen molar-refractivity contribution in [3.8, 4) is 0 Å². The molecule has 1 N–H and O–H groups in total. The molecule has 8 nitrogen and oxygen atoms in total. The van der Waals surface area contributed by atoms with Crippen molar-refractivity contribution < 1.29 is 27.9 Å². The van der Waals surface area contributed by atoms with Crippen LogP contribution in [-0.4, -0.2) is 86.9 Å². The van der Waals surface area contributed by atoms with E-state index in [1.165, 1.54) is 12.1 Å². The van der Waals surface area contributed by atoms with E-state index in [0.29, 0.717) is 38.2 Å². The monoisotopic (exact) mass is 559 g/mol. The van der Waals surface area contributed by atoms with E-state index < -0.39 is 11.7 Å². The van der Waals surface area contributed by atoms with Crippen molar-refractivity contribution in [1.29, 1.82) is 0 Å². The van der Waals surface area contributed by atoms with E-state index in [9.17, 15) is 27.9 Å². The number of urea groups is 1. The van der Waals surface area contributed by atoms with Gasteiger partial charge in [0.25, 0.3) is 5.91 Å². The van der Waals surface area contributed by atoms with Gasteiger partial charge in [-0.3, -0.25) is 9.48 Å². The van der Waals surface area contributed by atoms with Gasteiger partial charge in [-0.05, 0) is 56.6 Å². The highest BCUT2D eigenvalue weighted by atomic mass is 19.4. The number of aliphatic hydroxyl groups is 1. The molecule has 0 bridgehead atoms. The number of aliphatic hydroxyl groups excluding tert-OH is 1. The number of alkyl halides is 3. The standard InChI is InChI=1S/C29H36F3N5O3/c30-29(31,32)25-6-2-1-5-23(25)20-9-13-35(17-20)27(39)24-16-33-37(26(24)19-7-8-19)21-10-14-34(15-11-21)28(40)36-12-3-4-22(36)18-38/h1-2,5-6,16,19-22,38H,3-4,7-15,17-18H2/t20-,22+/m1/s1. The molecule has 3 saturated heterocycles. The van der Waals surface area contributed by atoms with Crippen LogP contribution in [0, 0.1) is 0 Å². The molecule has 1 aromatic carbocycles. The Hall–Kier alpha value is -3.08. The first-order valence-corrected chi connectivity index (χ1v) is 14.5. The lowest BCUT2D eigenvalue weighted by atomic mass is 9.93. The van der Waals surface area contributed by atoms with Gasteiger partial charge in [-0.25, -0.2) is 4.79 Å². The summed E-state index contributed by atoms with van der Waals surface area (Å²) in [4.78, 5) is 32.1. The van der Waals surface area contributed by atoms with E-state index in [1.54, 1.807) is 22.1 Å². The lowest BCUT2D eigenvalue weighted by Gasteiger charge is -2.36. The number of piperidine rings is 1. The average molecular weight is 560 g/mol. The Morgan fingerprint density at radius 2 is 1.65 bits per heavy atom. The molecule has 0 unspecified atom stereocenters. The zero-order valence-corrected chi connectivity index (χ0v) is 22.5. The molecule has 0 spiro atoms. The number of benzene rings is 1. The molecule has 4 fully saturated rings. The minimum Gasteiger partial charge on any atom is -0.394 e. The minimum atomic E-state index is -4.43. The molecule has 2 atom stereocenters. The zero-order valence-electron chi connectivity index (χ0n) is 22.5. The Kier molecular flexibility index (Phi) is 7.27. The van der Waals surface area contributed by atoms with E-state index in [2.05, 4.69) is 5.10 Å². The van der Waals surface area contributed by atoms with Crippen LogP contribution in [0.3, 0.4) is 0 Å². The molecule has 2 aromatic rings. The maximum absolute atomic E-state index is 13.7. The van der Waals surface area contributed by atoms with Gasteiger partial charge in [-0.15, -0.1) is 0 Å². The third-order valence-electron chi connectivity index (χ3n) is 9.12. The third kappa shape index (κ3) is 5.08. The number of likely N-dealkylation sites (tertiary alicyclic amines) is 3. The summed E-state index contributed by atoms with van der Waals surface area (Å²) in [5.41, 5.74) is 1.13. The summed E-state index contributed by atoms with van der Waals surface area (Å²) in [5, 5.41) is 14.3. The van der Waals surface area contributed by atoms with Crippen molar-refractivity contribution in [1.82, 2.24) is 24.5 Å². The van der Waals surface area contributed by atoms with Crippen molar-refractivity contribution in [3.05, 3.63) is 52.8 Å². The van der Waals surface area contributed by atoms with Crippen LogP contribution in [0.4, 0.5) is 18.0 Å². The number of rotatable bonds is 5. The summed E-state index contributed by atoms with van der Waals surface area (Å²) in [6.45, 7) is 2.53. The summed E-state index contributed by atoms with van der Waals surface area (Å²) in [7, 11) is 0. The van der Waals surface area contributed by atoms with Gasteiger partial charge in [-0.2, -0.15) is 18.3 Å². The highest BCUT2D eigenvalue weighted by molar-refractivity contribution is 5.95. The molecule has 1 aromatic heterocycles. The molecule has 3 amide bonds. The van der Waals surface area contributed by atoms with Gasteiger partial charge >= 0.3 is 12.2 Å². The second kappa shape index (κ2) is 10.7. The molecule has 11 heteroatoms. The first-order valence-electron chi connectivity index (χ1n) is 14.5. The van der Waals surface area contributed by atoms with Crippen molar-refractivity contribution in [2.75, 3.05) is 39.3 Å². The van der Waals surface area contributed by atoms with Crippen LogP contribution in [0.25, 0.3) is 0 Å². The van der Waals surface area contributed by atoms with Gasteiger partial charge in [0.2, 0.25) is 0 Å². The molecule has 1 aliphatic carbocycles. The van der Waals surface area contributed by atoms with Gasteiger partial charge in [0, 0.05) is 44.6 Å². The van der Waals surface area contributed by atoms with Crippen LogP contribution in [0.1, 0.15) is 90.0 Å². The number of halogens is 3. The molecule has 1 saturated carbocycles. The van der Waals surface area contributed by atoms with Crippen LogP contribution in [0.2, 0.25) is 0 Å². The molecule has 6 rings (SSSR count). The van der Waals surface area contributed by atoms with Crippen LogP contribution < -0.4 is 0 Å². The smallest absolute Gasteiger partial charge is 0.394 e. The number of nitrogens with zero attached hydrogens (tertiary/aromatic N) is 5. The largest absolute Gasteiger partial charge is 0.416 e. The number of aromatic nitrogens is 2. The fourth-order valence-electron chi connectivity index (χ4n) is 6.83. The van der Waals surface area contributed by atoms with Crippen molar-refractivity contribution in [3.63, 3.8) is 0 Å². The minimum absolute atomic E-state index is 0.00978. The number of amides is 3. The topological polar surface area (TPSA) is 81.9 Å². The predicted molar refractivity (Wildman–Crippen MR) is 141 cm³/mol. The Labute approximate surface area is 231 Å². The first kappa shape index (κ1) is 27.1. The Balaban J connectivity index is 1.14. The number of carbonyl (C=O) groups excluding carboxylic acids is 2. The molecule has 0 radical (unpaired) electrons. The molecule has 4 aliphatic rings. The number of carbonyl (C=O) groups is 2.